The van der Waals surface area contributed by atoms with Crippen LogP contribution in [-0.2, 0) is 11.4 Å². The molecule has 1 N–H and O–H groups in total. The largest absolute Gasteiger partial charge is 0.488 e. The van der Waals surface area contributed by atoms with Crippen molar-refractivity contribution in [2.24, 2.45) is 0 Å². The van der Waals surface area contributed by atoms with Gasteiger partial charge in [-0.1, -0.05) is 41.6 Å². The molecule has 2 aromatic carbocycles. The molecule has 0 aliphatic carbocycles. The molecule has 0 atom stereocenters. The number of benzene rings is 2. The zero-order valence-corrected chi connectivity index (χ0v) is 18.4. The number of amides is 1. The summed E-state index contributed by atoms with van der Waals surface area (Å²) in [5, 5.41) is 2.90. The Morgan fingerprint density at radius 1 is 1.28 bits per heavy atom. The van der Waals surface area contributed by atoms with Crippen LogP contribution < -0.4 is 15.0 Å². The van der Waals surface area contributed by atoms with Crippen LogP contribution in [0.25, 0.3) is 6.08 Å². The maximum atomic E-state index is 14.1. The van der Waals surface area contributed by atoms with Gasteiger partial charge in [-0.3, -0.25) is 4.79 Å². The number of carbonyl (C=O) groups is 1. The highest BCUT2D eigenvalue weighted by molar-refractivity contribution is 8.26. The number of nitrogens with one attached hydrogen (secondary N) is 1. The van der Waals surface area contributed by atoms with E-state index in [0.29, 0.717) is 25.6 Å². The molecule has 1 amide bonds. The summed E-state index contributed by atoms with van der Waals surface area (Å²) >= 11 is 12.4. The minimum atomic E-state index is -0.423. The number of thiocarbonyl (C=S) groups is 1. The van der Waals surface area contributed by atoms with Crippen molar-refractivity contribution < 1.29 is 13.9 Å². The number of carbonyl (C=O) groups excluding carboxylic acids is 1. The van der Waals surface area contributed by atoms with Crippen LogP contribution in [0.15, 0.2) is 41.3 Å². The normalized spacial score (nSPS) is 15.0. The Balaban J connectivity index is 1.96. The summed E-state index contributed by atoms with van der Waals surface area (Å²) in [4.78, 5) is 14.7. The van der Waals surface area contributed by atoms with Crippen LogP contribution in [0, 0.1) is 5.82 Å². The topological polar surface area (TPSA) is 41.6 Å². The van der Waals surface area contributed by atoms with Gasteiger partial charge in [0.1, 0.15) is 22.5 Å². The van der Waals surface area contributed by atoms with Gasteiger partial charge in [-0.2, -0.15) is 0 Å². The van der Waals surface area contributed by atoms with E-state index >= 15 is 0 Å². The third kappa shape index (κ3) is 5.10. The van der Waals surface area contributed by atoms with Gasteiger partial charge in [0, 0.05) is 36.0 Å². The Morgan fingerprint density at radius 2 is 2.03 bits per heavy atom. The number of anilines is 1. The number of thioether (sulfide) groups is 1. The summed E-state index contributed by atoms with van der Waals surface area (Å²) in [6.07, 6.45) is 1.73. The van der Waals surface area contributed by atoms with Crippen molar-refractivity contribution in [3.05, 3.63) is 63.3 Å². The predicted octanol–water partition coefficient (Wildman–Crippen LogP) is 5.39. The van der Waals surface area contributed by atoms with Crippen LogP contribution in [0.2, 0.25) is 5.02 Å². The van der Waals surface area contributed by atoms with Crippen molar-refractivity contribution in [1.82, 2.24) is 5.32 Å². The Bertz CT molecular complexity index is 957. The van der Waals surface area contributed by atoms with Gasteiger partial charge in [-0.25, -0.2) is 4.39 Å². The molecular formula is C21H20ClFN2O2S2. The number of nitrogens with zero attached hydrogens (tertiary/aromatic N) is 1. The molecule has 1 saturated heterocycles. The van der Waals surface area contributed by atoms with Crippen molar-refractivity contribution in [1.29, 1.82) is 0 Å². The fourth-order valence-electron chi connectivity index (χ4n) is 2.94. The number of hydrogen-bond acceptors (Lipinski definition) is 5. The lowest BCUT2D eigenvalue weighted by atomic mass is 10.1. The minimum Gasteiger partial charge on any atom is -0.488 e. The SMILES string of the molecule is CCN(CC)c1ccc(C=C2SC(=S)NC2=O)c(OCc2c(F)cccc2Cl)c1. The van der Waals surface area contributed by atoms with Crippen LogP contribution in [-0.4, -0.2) is 23.3 Å². The molecule has 4 nitrogen and oxygen atoms in total. The quantitative estimate of drug-likeness (QED) is 0.452. The lowest BCUT2D eigenvalue weighted by Crippen LogP contribution is -2.21. The molecule has 0 bridgehead atoms. The lowest BCUT2D eigenvalue weighted by molar-refractivity contribution is -0.115. The molecule has 152 valence electrons. The first kappa shape index (κ1) is 21.6. The third-order valence-corrected chi connectivity index (χ3v) is 6.00. The number of rotatable bonds is 7. The highest BCUT2D eigenvalue weighted by atomic mass is 35.5. The first-order chi connectivity index (χ1) is 13.9. The van der Waals surface area contributed by atoms with E-state index in [2.05, 4.69) is 24.1 Å². The number of halogens is 2. The van der Waals surface area contributed by atoms with Crippen LogP contribution in [0.1, 0.15) is 25.0 Å². The third-order valence-electron chi connectivity index (χ3n) is 4.49. The summed E-state index contributed by atoms with van der Waals surface area (Å²) in [6.45, 7) is 5.78. The van der Waals surface area contributed by atoms with Crippen LogP contribution >= 0.6 is 35.6 Å². The van der Waals surface area contributed by atoms with Crippen LogP contribution in [0.4, 0.5) is 10.1 Å². The van der Waals surface area contributed by atoms with Crippen molar-refractivity contribution in [3.8, 4) is 5.75 Å². The van der Waals surface area contributed by atoms with E-state index in [1.165, 1.54) is 17.8 Å². The summed E-state index contributed by atoms with van der Waals surface area (Å²) in [5.41, 5.74) is 1.97. The Labute approximate surface area is 184 Å². The first-order valence-electron chi connectivity index (χ1n) is 9.12. The Morgan fingerprint density at radius 3 is 2.66 bits per heavy atom. The van der Waals surface area contributed by atoms with Gasteiger partial charge in [0.25, 0.3) is 5.91 Å². The van der Waals surface area contributed by atoms with Gasteiger partial charge in [0.2, 0.25) is 0 Å². The molecule has 0 radical (unpaired) electrons. The summed E-state index contributed by atoms with van der Waals surface area (Å²) in [6, 6.07) is 10.3. The Hall–Kier alpha value is -2.09. The molecule has 0 aromatic heterocycles. The average molecular weight is 451 g/mol. The number of ether oxygens (including phenoxy) is 1. The van der Waals surface area contributed by atoms with E-state index in [9.17, 15) is 9.18 Å². The monoisotopic (exact) mass is 450 g/mol. The van der Waals surface area contributed by atoms with Crippen molar-refractivity contribution >= 4 is 57.6 Å². The molecule has 1 aliphatic rings. The highest BCUT2D eigenvalue weighted by Crippen LogP contribution is 2.33. The molecule has 2 aromatic rings. The van der Waals surface area contributed by atoms with Crippen molar-refractivity contribution in [3.63, 3.8) is 0 Å². The van der Waals surface area contributed by atoms with Gasteiger partial charge in [-0.15, -0.1) is 0 Å². The average Bonchev–Trinajstić information content (AvgIpc) is 3.01. The van der Waals surface area contributed by atoms with Gasteiger partial charge in [0.05, 0.1) is 9.93 Å². The highest BCUT2D eigenvalue weighted by Gasteiger charge is 2.23. The molecular weight excluding hydrogens is 431 g/mol. The summed E-state index contributed by atoms with van der Waals surface area (Å²) < 4.78 is 20.5. The lowest BCUT2D eigenvalue weighted by Gasteiger charge is -2.22. The van der Waals surface area contributed by atoms with Gasteiger partial charge >= 0.3 is 0 Å². The molecule has 1 heterocycles. The van der Waals surface area contributed by atoms with Crippen LogP contribution in [0.5, 0.6) is 5.75 Å². The predicted molar refractivity (Wildman–Crippen MR) is 122 cm³/mol. The molecule has 0 unspecified atom stereocenters. The Kier molecular flexibility index (Phi) is 7.16. The molecule has 1 aliphatic heterocycles. The zero-order valence-electron chi connectivity index (χ0n) is 16.0. The standard InChI is InChI=1S/C21H20ClFN2O2S2/c1-3-25(4-2)14-9-8-13(10-19-20(26)24-21(28)29-19)18(11-14)27-12-15-16(22)6-5-7-17(15)23/h5-11H,3-4,12H2,1-2H3,(H,24,26,28). The van der Waals surface area contributed by atoms with E-state index < -0.39 is 5.82 Å². The second kappa shape index (κ2) is 9.61. The van der Waals surface area contributed by atoms with E-state index in [0.717, 1.165) is 18.8 Å². The molecule has 0 spiro atoms. The van der Waals surface area contributed by atoms with Gasteiger partial charge in [0.15, 0.2) is 0 Å². The second-order valence-electron chi connectivity index (χ2n) is 6.24. The maximum Gasteiger partial charge on any atom is 0.263 e. The second-order valence-corrected chi connectivity index (χ2v) is 8.36. The number of hydrogen-bond donors (Lipinski definition) is 1. The van der Waals surface area contributed by atoms with Crippen LogP contribution in [0.3, 0.4) is 0 Å². The fourth-order valence-corrected chi connectivity index (χ4v) is 4.19. The smallest absolute Gasteiger partial charge is 0.263 e. The van der Waals surface area contributed by atoms with Crippen molar-refractivity contribution in [2.45, 2.75) is 20.5 Å². The van der Waals surface area contributed by atoms with Gasteiger partial charge < -0.3 is 15.0 Å². The minimum absolute atomic E-state index is 0.0267. The molecule has 0 saturated carbocycles. The summed E-state index contributed by atoms with van der Waals surface area (Å²) in [7, 11) is 0. The first-order valence-corrected chi connectivity index (χ1v) is 10.7. The summed E-state index contributed by atoms with van der Waals surface area (Å²) in [5.74, 6) is -0.128. The van der Waals surface area contributed by atoms with E-state index in [1.807, 2.05) is 18.2 Å². The fraction of sp³-hybridized carbons (Fsp3) is 0.238. The molecule has 8 heteroatoms. The molecule has 29 heavy (non-hydrogen) atoms. The molecule has 3 rings (SSSR count). The molecule has 1 fully saturated rings. The maximum absolute atomic E-state index is 14.1. The zero-order chi connectivity index (χ0) is 21.0. The van der Waals surface area contributed by atoms with E-state index in [-0.39, 0.29) is 18.1 Å². The van der Waals surface area contributed by atoms with E-state index in [1.54, 1.807) is 18.2 Å². The van der Waals surface area contributed by atoms with E-state index in [4.69, 9.17) is 28.6 Å². The van der Waals surface area contributed by atoms with Gasteiger partial charge in [-0.05, 0) is 44.2 Å². The van der Waals surface area contributed by atoms with Crippen molar-refractivity contribution in [2.75, 3.05) is 18.0 Å².